The minimum absolute atomic E-state index is 0.00765. The summed E-state index contributed by atoms with van der Waals surface area (Å²) in [5, 5.41) is 0.240. The van der Waals surface area contributed by atoms with Crippen LogP contribution in [0.5, 0.6) is 0 Å². The van der Waals surface area contributed by atoms with E-state index in [1.165, 1.54) is 11.3 Å². The number of hydrogen-bond acceptors (Lipinski definition) is 6. The number of rotatable bonds is 12. The standard InChI is InChI=1S/C29H53NO4S2Si2/c1-21(20-36(31,32)27-30-24-16-14-15-17-25(24)35-27)18-22(2)26(34-38(12,13)29(7,8)9)23(3)19-33-37(10,11)28(4,5)6/h14-17,21-23,26H,18-20H2,1-13H3/t21-,22+,23+,26-/m1/s1. The van der Waals surface area contributed by atoms with Crippen molar-refractivity contribution in [3.8, 4) is 0 Å². The van der Waals surface area contributed by atoms with Gasteiger partial charge in [0.1, 0.15) is 0 Å². The third-order valence-electron chi connectivity index (χ3n) is 8.69. The first-order chi connectivity index (χ1) is 17.1. The molecule has 0 spiro atoms. The number of sulfone groups is 1. The van der Waals surface area contributed by atoms with Crippen molar-refractivity contribution in [2.45, 2.75) is 115 Å². The molecule has 0 amide bonds. The predicted octanol–water partition coefficient (Wildman–Crippen LogP) is 8.78. The summed E-state index contributed by atoms with van der Waals surface area (Å²) in [6.45, 7) is 30.0. The molecule has 0 saturated heterocycles. The van der Waals surface area contributed by atoms with Crippen molar-refractivity contribution in [3.63, 3.8) is 0 Å². The maximum atomic E-state index is 13.3. The van der Waals surface area contributed by atoms with E-state index < -0.39 is 26.5 Å². The van der Waals surface area contributed by atoms with Gasteiger partial charge < -0.3 is 8.85 Å². The van der Waals surface area contributed by atoms with Gasteiger partial charge in [-0.25, -0.2) is 13.4 Å². The second-order valence-electron chi connectivity index (χ2n) is 14.4. The highest BCUT2D eigenvalue weighted by Crippen LogP contribution is 2.41. The number of para-hydroxylation sites is 1. The van der Waals surface area contributed by atoms with Crippen LogP contribution in [0.3, 0.4) is 0 Å². The van der Waals surface area contributed by atoms with Gasteiger partial charge in [0.05, 0.1) is 22.1 Å². The molecule has 2 rings (SSSR count). The fourth-order valence-corrected chi connectivity index (χ4v) is 9.78. The molecule has 0 unspecified atom stereocenters. The van der Waals surface area contributed by atoms with Crippen LogP contribution in [0, 0.1) is 17.8 Å². The summed E-state index contributed by atoms with van der Waals surface area (Å²) in [5.74, 6) is 0.490. The van der Waals surface area contributed by atoms with Gasteiger partial charge in [-0.3, -0.25) is 0 Å². The van der Waals surface area contributed by atoms with E-state index in [-0.39, 0.29) is 44.0 Å². The highest BCUT2D eigenvalue weighted by molar-refractivity contribution is 7.93. The fraction of sp³-hybridized carbons (Fsp3) is 0.759. The van der Waals surface area contributed by atoms with Crippen molar-refractivity contribution in [1.82, 2.24) is 4.98 Å². The van der Waals surface area contributed by atoms with Crippen LogP contribution in [0.15, 0.2) is 28.6 Å². The molecular weight excluding hydrogens is 547 g/mol. The first kappa shape index (κ1) is 33.6. The molecule has 0 fully saturated rings. The van der Waals surface area contributed by atoms with Crippen molar-refractivity contribution in [1.29, 1.82) is 0 Å². The Morgan fingerprint density at radius 2 is 1.45 bits per heavy atom. The SMILES string of the molecule is C[C@H](C[C@H](C)[C@@H](O[Si](C)(C)C(C)(C)C)[C@@H](C)CO[Si](C)(C)C(C)(C)C)CS(=O)(=O)c1nc2ccccc2s1. The molecule has 2 aromatic rings. The monoisotopic (exact) mass is 599 g/mol. The van der Waals surface area contributed by atoms with Crippen molar-refractivity contribution >= 4 is 48.0 Å². The van der Waals surface area contributed by atoms with Crippen LogP contribution in [0.4, 0.5) is 0 Å². The van der Waals surface area contributed by atoms with Crippen LogP contribution < -0.4 is 0 Å². The number of thiazole rings is 1. The second kappa shape index (κ2) is 12.1. The molecule has 0 saturated carbocycles. The quantitative estimate of drug-likeness (QED) is 0.228. The summed E-state index contributed by atoms with van der Waals surface area (Å²) in [7, 11) is -7.40. The average molecular weight is 600 g/mol. The maximum Gasteiger partial charge on any atom is 0.210 e. The van der Waals surface area contributed by atoms with E-state index in [0.717, 1.165) is 16.6 Å². The Morgan fingerprint density at radius 3 is 1.97 bits per heavy atom. The van der Waals surface area contributed by atoms with Gasteiger partial charge in [-0.05, 0) is 66.7 Å². The molecule has 1 aromatic carbocycles. The topological polar surface area (TPSA) is 65.5 Å². The molecule has 1 aromatic heterocycles. The number of hydrogen-bond donors (Lipinski definition) is 0. The van der Waals surface area contributed by atoms with Gasteiger partial charge in [-0.15, -0.1) is 11.3 Å². The molecule has 38 heavy (non-hydrogen) atoms. The molecular formula is C29H53NO4S2Si2. The van der Waals surface area contributed by atoms with Crippen molar-refractivity contribution in [3.05, 3.63) is 24.3 Å². The van der Waals surface area contributed by atoms with E-state index in [1.54, 1.807) is 0 Å². The van der Waals surface area contributed by atoms with Gasteiger partial charge >= 0.3 is 0 Å². The van der Waals surface area contributed by atoms with E-state index in [1.807, 2.05) is 31.2 Å². The third-order valence-corrected chi connectivity index (χ3v) is 21.1. The van der Waals surface area contributed by atoms with E-state index in [4.69, 9.17) is 8.85 Å². The third kappa shape index (κ3) is 8.46. The largest absolute Gasteiger partial charge is 0.416 e. The number of fused-ring (bicyclic) bond motifs is 1. The molecule has 0 radical (unpaired) electrons. The van der Waals surface area contributed by atoms with Crippen molar-refractivity contribution < 1.29 is 17.3 Å². The lowest BCUT2D eigenvalue weighted by atomic mass is 9.87. The van der Waals surface area contributed by atoms with E-state index in [0.29, 0.717) is 6.61 Å². The van der Waals surface area contributed by atoms with Crippen LogP contribution in [-0.4, -0.2) is 48.5 Å². The van der Waals surface area contributed by atoms with Gasteiger partial charge in [0.2, 0.25) is 14.2 Å². The molecule has 1 heterocycles. The van der Waals surface area contributed by atoms with Crippen LogP contribution in [0.2, 0.25) is 36.3 Å². The molecule has 9 heteroatoms. The molecule has 0 aliphatic rings. The van der Waals surface area contributed by atoms with Crippen LogP contribution >= 0.6 is 11.3 Å². The average Bonchev–Trinajstić information content (AvgIpc) is 3.19. The lowest BCUT2D eigenvalue weighted by Gasteiger charge is -2.44. The number of benzene rings is 1. The Morgan fingerprint density at radius 1 is 0.895 bits per heavy atom. The van der Waals surface area contributed by atoms with Crippen LogP contribution in [0.25, 0.3) is 10.2 Å². The minimum Gasteiger partial charge on any atom is -0.416 e. The zero-order valence-electron chi connectivity index (χ0n) is 26.1. The second-order valence-corrected chi connectivity index (χ2v) is 27.2. The molecule has 5 nitrogen and oxygen atoms in total. The summed E-state index contributed by atoms with van der Waals surface area (Å²) in [5.41, 5.74) is 0.746. The highest BCUT2D eigenvalue weighted by Gasteiger charge is 2.43. The maximum absolute atomic E-state index is 13.3. The van der Waals surface area contributed by atoms with Gasteiger partial charge in [0.25, 0.3) is 0 Å². The number of aromatic nitrogens is 1. The van der Waals surface area contributed by atoms with Crippen molar-refractivity contribution in [2.24, 2.45) is 17.8 Å². The van der Waals surface area contributed by atoms with Gasteiger partial charge in [-0.2, -0.15) is 0 Å². The molecule has 0 aliphatic heterocycles. The van der Waals surface area contributed by atoms with E-state index in [2.05, 4.69) is 86.6 Å². The van der Waals surface area contributed by atoms with Crippen molar-refractivity contribution in [2.75, 3.05) is 12.4 Å². The van der Waals surface area contributed by atoms with E-state index >= 15 is 0 Å². The normalized spacial score (nSPS) is 17.4. The molecule has 4 atom stereocenters. The minimum atomic E-state index is -3.46. The molecule has 0 bridgehead atoms. The van der Waals surface area contributed by atoms with E-state index in [9.17, 15) is 8.42 Å². The lowest BCUT2D eigenvalue weighted by Crippen LogP contribution is -2.49. The lowest BCUT2D eigenvalue weighted by molar-refractivity contribution is 0.0413. The van der Waals surface area contributed by atoms with Gasteiger partial charge in [0.15, 0.2) is 16.6 Å². The Bertz CT molecular complexity index is 1130. The first-order valence-corrected chi connectivity index (χ1v) is 22.3. The Labute approximate surface area is 239 Å². The summed E-state index contributed by atoms with van der Waals surface area (Å²) >= 11 is 1.27. The Kier molecular flexibility index (Phi) is 10.7. The van der Waals surface area contributed by atoms with Crippen LogP contribution in [0.1, 0.15) is 68.7 Å². The molecule has 0 aliphatic carbocycles. The first-order valence-electron chi connectivity index (χ1n) is 14.0. The van der Waals surface area contributed by atoms with Gasteiger partial charge in [-0.1, -0.05) is 74.4 Å². The predicted molar refractivity (Wildman–Crippen MR) is 169 cm³/mol. The summed E-state index contributed by atoms with van der Waals surface area (Å²) < 4.78 is 41.4. The number of nitrogens with zero attached hydrogens (tertiary/aromatic N) is 1. The van der Waals surface area contributed by atoms with Gasteiger partial charge in [0, 0.05) is 12.5 Å². The van der Waals surface area contributed by atoms with Crippen LogP contribution in [-0.2, 0) is 18.7 Å². The fourth-order valence-electron chi connectivity index (χ4n) is 4.23. The summed E-state index contributed by atoms with van der Waals surface area (Å²) in [6.07, 6.45) is 0.779. The molecule has 218 valence electrons. The Balaban J connectivity index is 2.20. The zero-order chi connectivity index (χ0) is 29.3. The summed E-state index contributed by atoms with van der Waals surface area (Å²) in [4.78, 5) is 4.42. The smallest absolute Gasteiger partial charge is 0.210 e. The molecule has 0 N–H and O–H groups in total. The Hall–Kier alpha value is -0.586. The highest BCUT2D eigenvalue weighted by atomic mass is 32.2. The zero-order valence-corrected chi connectivity index (χ0v) is 29.8. The summed E-state index contributed by atoms with van der Waals surface area (Å²) in [6, 6.07) is 7.60.